The molecule has 0 fully saturated rings. The van der Waals surface area contributed by atoms with Crippen LogP contribution in [0.1, 0.15) is 5.56 Å². The second-order valence-corrected chi connectivity index (χ2v) is 3.26. The van der Waals surface area contributed by atoms with Crippen LogP contribution in [-0.2, 0) is 11.3 Å². The fraction of sp³-hybridized carbons (Fsp3) is 0.333. The lowest BCUT2D eigenvalue weighted by Gasteiger charge is -2.06. The predicted molar refractivity (Wildman–Crippen MR) is 52.1 cm³/mol. The minimum Gasteiger partial charge on any atom is -0.374 e. The maximum absolute atomic E-state index is 11.7. The molecule has 0 aliphatic rings. The molecular formula is C9H9Cl2FO. The Balaban J connectivity index is 2.64. The molecule has 0 saturated carbocycles. The van der Waals surface area contributed by atoms with Gasteiger partial charge in [-0.3, -0.25) is 0 Å². The summed E-state index contributed by atoms with van der Waals surface area (Å²) in [5.74, 6) is 0. The van der Waals surface area contributed by atoms with Crippen LogP contribution in [0.3, 0.4) is 0 Å². The van der Waals surface area contributed by atoms with Crippen LogP contribution >= 0.6 is 23.2 Å². The first kappa shape index (κ1) is 10.8. The highest BCUT2D eigenvalue weighted by Gasteiger charge is 2.04. The van der Waals surface area contributed by atoms with E-state index in [1.54, 1.807) is 18.2 Å². The van der Waals surface area contributed by atoms with Gasteiger partial charge in [-0.15, -0.1) is 0 Å². The number of hydrogen-bond donors (Lipinski definition) is 0. The second-order valence-electron chi connectivity index (χ2n) is 2.44. The lowest BCUT2D eigenvalue weighted by Crippen LogP contribution is -1.97. The smallest absolute Gasteiger partial charge is 0.113 e. The molecule has 0 aliphatic heterocycles. The van der Waals surface area contributed by atoms with Gasteiger partial charge in [0.05, 0.1) is 13.2 Å². The molecule has 1 aromatic rings. The molecule has 13 heavy (non-hydrogen) atoms. The van der Waals surface area contributed by atoms with E-state index in [4.69, 9.17) is 27.9 Å². The summed E-state index contributed by atoms with van der Waals surface area (Å²) < 4.78 is 16.7. The van der Waals surface area contributed by atoms with Crippen LogP contribution in [0.25, 0.3) is 0 Å². The number of ether oxygens (including phenoxy) is 1. The van der Waals surface area contributed by atoms with Gasteiger partial charge < -0.3 is 4.74 Å². The summed E-state index contributed by atoms with van der Waals surface area (Å²) in [6.07, 6.45) is 0. The summed E-state index contributed by atoms with van der Waals surface area (Å²) in [5, 5.41) is 1.10. The van der Waals surface area contributed by atoms with Crippen LogP contribution in [0.15, 0.2) is 18.2 Å². The highest BCUT2D eigenvalue weighted by molar-refractivity contribution is 6.35. The van der Waals surface area contributed by atoms with Crippen LogP contribution in [0.4, 0.5) is 4.39 Å². The molecule has 0 amide bonds. The maximum Gasteiger partial charge on any atom is 0.113 e. The van der Waals surface area contributed by atoms with Gasteiger partial charge in [-0.1, -0.05) is 29.3 Å². The molecule has 0 atom stereocenters. The molecule has 4 heteroatoms. The van der Waals surface area contributed by atoms with E-state index < -0.39 is 6.67 Å². The molecule has 0 bridgehead atoms. The molecule has 0 spiro atoms. The van der Waals surface area contributed by atoms with E-state index in [0.29, 0.717) is 15.6 Å². The molecule has 72 valence electrons. The Morgan fingerprint density at radius 2 is 1.85 bits per heavy atom. The van der Waals surface area contributed by atoms with Crippen LogP contribution in [0.2, 0.25) is 10.0 Å². The SMILES string of the molecule is FCCOCc1c(Cl)cccc1Cl. The van der Waals surface area contributed by atoms with Gasteiger partial charge in [0.1, 0.15) is 6.67 Å². The van der Waals surface area contributed by atoms with Gasteiger partial charge in [0.2, 0.25) is 0 Å². The van der Waals surface area contributed by atoms with E-state index in [9.17, 15) is 4.39 Å². The fourth-order valence-electron chi connectivity index (χ4n) is 0.899. The quantitative estimate of drug-likeness (QED) is 0.710. The third-order valence-electron chi connectivity index (χ3n) is 1.53. The number of rotatable bonds is 4. The minimum atomic E-state index is -0.498. The van der Waals surface area contributed by atoms with Gasteiger partial charge in [0.25, 0.3) is 0 Å². The van der Waals surface area contributed by atoms with E-state index >= 15 is 0 Å². The maximum atomic E-state index is 11.7. The minimum absolute atomic E-state index is 0.0710. The van der Waals surface area contributed by atoms with Crippen molar-refractivity contribution in [2.24, 2.45) is 0 Å². The normalized spacial score (nSPS) is 10.4. The lowest BCUT2D eigenvalue weighted by molar-refractivity contribution is 0.107. The molecule has 1 nitrogen and oxygen atoms in total. The first-order valence-electron chi connectivity index (χ1n) is 3.82. The van der Waals surface area contributed by atoms with E-state index in [0.717, 1.165) is 0 Å². The van der Waals surface area contributed by atoms with Crippen molar-refractivity contribution in [2.75, 3.05) is 13.3 Å². The average Bonchev–Trinajstić information content (AvgIpc) is 2.10. The molecular weight excluding hydrogens is 214 g/mol. The highest BCUT2D eigenvalue weighted by Crippen LogP contribution is 2.24. The summed E-state index contributed by atoms with van der Waals surface area (Å²) in [6.45, 7) is -0.175. The van der Waals surface area contributed by atoms with Gasteiger partial charge >= 0.3 is 0 Å². The van der Waals surface area contributed by atoms with Crippen LogP contribution < -0.4 is 0 Å². The Morgan fingerprint density at radius 1 is 1.23 bits per heavy atom. The van der Waals surface area contributed by atoms with Gasteiger partial charge in [-0.05, 0) is 12.1 Å². The second kappa shape index (κ2) is 5.43. The van der Waals surface area contributed by atoms with Crippen LogP contribution in [-0.4, -0.2) is 13.3 Å². The predicted octanol–water partition coefficient (Wildman–Crippen LogP) is 3.48. The average molecular weight is 223 g/mol. The zero-order valence-electron chi connectivity index (χ0n) is 6.90. The summed E-state index contributed by atoms with van der Waals surface area (Å²) in [5.41, 5.74) is 0.708. The van der Waals surface area contributed by atoms with Crippen molar-refractivity contribution in [1.82, 2.24) is 0 Å². The molecule has 0 aromatic heterocycles. The summed E-state index contributed by atoms with van der Waals surface area (Å²) >= 11 is 11.7. The molecule has 0 unspecified atom stereocenters. The Hall–Kier alpha value is -0.310. The molecule has 0 heterocycles. The zero-order valence-corrected chi connectivity index (χ0v) is 8.41. The standard InChI is InChI=1S/C9H9Cl2FO/c10-8-2-1-3-9(11)7(8)6-13-5-4-12/h1-3H,4-6H2. The summed E-state index contributed by atoms with van der Waals surface area (Å²) in [6, 6.07) is 5.20. The van der Waals surface area contributed by atoms with Gasteiger partial charge in [0, 0.05) is 15.6 Å². The summed E-state index contributed by atoms with van der Waals surface area (Å²) in [4.78, 5) is 0. The molecule has 0 radical (unpaired) electrons. The van der Waals surface area contributed by atoms with Crippen molar-refractivity contribution in [3.05, 3.63) is 33.8 Å². The fourth-order valence-corrected chi connectivity index (χ4v) is 1.41. The Morgan fingerprint density at radius 3 is 2.38 bits per heavy atom. The zero-order chi connectivity index (χ0) is 9.68. The third kappa shape index (κ3) is 3.14. The topological polar surface area (TPSA) is 9.23 Å². The third-order valence-corrected chi connectivity index (χ3v) is 2.24. The van der Waals surface area contributed by atoms with Crippen molar-refractivity contribution < 1.29 is 9.13 Å². The van der Waals surface area contributed by atoms with Crippen LogP contribution in [0.5, 0.6) is 0 Å². The Kier molecular flexibility index (Phi) is 4.50. The van der Waals surface area contributed by atoms with Gasteiger partial charge in [-0.2, -0.15) is 0 Å². The first-order valence-corrected chi connectivity index (χ1v) is 4.58. The molecule has 0 N–H and O–H groups in total. The van der Waals surface area contributed by atoms with E-state index in [1.165, 1.54) is 0 Å². The van der Waals surface area contributed by atoms with E-state index in [2.05, 4.69) is 0 Å². The first-order chi connectivity index (χ1) is 6.25. The van der Waals surface area contributed by atoms with Gasteiger partial charge in [-0.25, -0.2) is 4.39 Å². The number of halogens is 3. The van der Waals surface area contributed by atoms with Crippen molar-refractivity contribution in [1.29, 1.82) is 0 Å². The Bertz CT molecular complexity index is 258. The lowest BCUT2D eigenvalue weighted by atomic mass is 10.2. The summed E-state index contributed by atoms with van der Waals surface area (Å²) in [7, 11) is 0. The van der Waals surface area contributed by atoms with Crippen molar-refractivity contribution >= 4 is 23.2 Å². The monoisotopic (exact) mass is 222 g/mol. The highest BCUT2D eigenvalue weighted by atomic mass is 35.5. The van der Waals surface area contributed by atoms with Crippen molar-refractivity contribution in [2.45, 2.75) is 6.61 Å². The number of benzene rings is 1. The number of hydrogen-bond acceptors (Lipinski definition) is 1. The molecule has 1 rings (SSSR count). The van der Waals surface area contributed by atoms with Crippen molar-refractivity contribution in [3.63, 3.8) is 0 Å². The largest absolute Gasteiger partial charge is 0.374 e. The molecule has 0 aliphatic carbocycles. The molecule has 1 aromatic carbocycles. The van der Waals surface area contributed by atoms with Crippen LogP contribution in [0, 0.1) is 0 Å². The number of alkyl halides is 1. The Labute approximate surface area is 86.4 Å². The van der Waals surface area contributed by atoms with Crippen molar-refractivity contribution in [3.8, 4) is 0 Å². The van der Waals surface area contributed by atoms with E-state index in [1.807, 2.05) is 0 Å². The molecule has 0 saturated heterocycles. The van der Waals surface area contributed by atoms with E-state index in [-0.39, 0.29) is 13.2 Å². The van der Waals surface area contributed by atoms with Gasteiger partial charge in [0.15, 0.2) is 0 Å².